The van der Waals surface area contributed by atoms with E-state index in [-0.39, 0.29) is 5.91 Å². The van der Waals surface area contributed by atoms with Crippen molar-refractivity contribution in [2.24, 2.45) is 5.92 Å². The van der Waals surface area contributed by atoms with Crippen LogP contribution in [0.3, 0.4) is 0 Å². The molecule has 0 atom stereocenters. The van der Waals surface area contributed by atoms with Crippen molar-refractivity contribution in [2.75, 3.05) is 13.2 Å². The molecule has 0 unspecified atom stereocenters. The van der Waals surface area contributed by atoms with Gasteiger partial charge in [0.2, 0.25) is 5.91 Å². The average molecular weight is 296 g/mol. The summed E-state index contributed by atoms with van der Waals surface area (Å²) in [4.78, 5) is 12.1. The molecule has 4 heteroatoms. The summed E-state index contributed by atoms with van der Waals surface area (Å²) in [7, 11) is 0. The highest BCUT2D eigenvalue weighted by Crippen LogP contribution is 2.32. The van der Waals surface area contributed by atoms with Crippen LogP contribution in [0.15, 0.2) is 0 Å². The van der Waals surface area contributed by atoms with E-state index >= 15 is 0 Å². The fourth-order valence-electron chi connectivity index (χ4n) is 3.55. The summed E-state index contributed by atoms with van der Waals surface area (Å²) in [5, 5.41) is 6.82. The van der Waals surface area contributed by atoms with Crippen LogP contribution in [-0.4, -0.2) is 37.2 Å². The summed E-state index contributed by atoms with van der Waals surface area (Å²) in [6.07, 6.45) is 9.07. The second-order valence-electron chi connectivity index (χ2n) is 6.69. The van der Waals surface area contributed by atoms with Crippen LogP contribution < -0.4 is 10.6 Å². The molecule has 122 valence electrons. The van der Waals surface area contributed by atoms with Crippen molar-refractivity contribution >= 4 is 5.91 Å². The molecule has 0 aromatic carbocycles. The lowest BCUT2D eigenvalue weighted by Crippen LogP contribution is -2.43. The van der Waals surface area contributed by atoms with Gasteiger partial charge in [-0.2, -0.15) is 0 Å². The number of hydrogen-bond acceptors (Lipinski definition) is 3. The third kappa shape index (κ3) is 5.59. The van der Waals surface area contributed by atoms with Gasteiger partial charge in [-0.1, -0.05) is 6.92 Å². The Kier molecular flexibility index (Phi) is 6.97. The lowest BCUT2D eigenvalue weighted by Gasteiger charge is -2.35. The Bertz CT molecular complexity index is 308. The number of hydrogen-bond donors (Lipinski definition) is 2. The first-order valence-electron chi connectivity index (χ1n) is 8.85. The Morgan fingerprint density at radius 3 is 2.38 bits per heavy atom. The van der Waals surface area contributed by atoms with Gasteiger partial charge in [0.25, 0.3) is 0 Å². The van der Waals surface area contributed by atoms with Crippen LogP contribution in [-0.2, 0) is 9.53 Å². The normalized spacial score (nSPS) is 32.5. The highest BCUT2D eigenvalue weighted by atomic mass is 16.5. The van der Waals surface area contributed by atoms with Crippen molar-refractivity contribution in [1.82, 2.24) is 10.6 Å². The maximum absolute atomic E-state index is 12.1. The SMILES string of the molecule is CCCNC1CCC(NC(=O)CC2CC(OCC)C2)CC1. The van der Waals surface area contributed by atoms with Crippen LogP contribution in [0.4, 0.5) is 0 Å². The van der Waals surface area contributed by atoms with Gasteiger partial charge in [0.15, 0.2) is 0 Å². The molecule has 0 aromatic heterocycles. The summed E-state index contributed by atoms with van der Waals surface area (Å²) < 4.78 is 5.54. The van der Waals surface area contributed by atoms with E-state index in [4.69, 9.17) is 4.74 Å². The van der Waals surface area contributed by atoms with Gasteiger partial charge in [-0.25, -0.2) is 0 Å². The molecule has 0 bridgehead atoms. The lowest BCUT2D eigenvalue weighted by molar-refractivity contribution is -0.125. The predicted octanol–water partition coefficient (Wildman–Crippen LogP) is 2.62. The smallest absolute Gasteiger partial charge is 0.220 e. The number of carbonyl (C=O) groups is 1. The van der Waals surface area contributed by atoms with E-state index in [1.807, 2.05) is 6.92 Å². The standard InChI is InChI=1S/C17H32N2O2/c1-3-9-18-14-5-7-15(8-6-14)19-17(20)12-13-10-16(11-13)21-4-2/h13-16,18H,3-12H2,1-2H3,(H,19,20). The summed E-state index contributed by atoms with van der Waals surface area (Å²) in [6.45, 7) is 6.14. The highest BCUT2D eigenvalue weighted by Gasteiger charge is 2.31. The van der Waals surface area contributed by atoms with Gasteiger partial charge in [0, 0.05) is 25.1 Å². The Hall–Kier alpha value is -0.610. The molecule has 0 saturated heterocycles. The number of rotatable bonds is 8. The van der Waals surface area contributed by atoms with Crippen molar-refractivity contribution in [2.45, 2.75) is 83.4 Å². The Morgan fingerprint density at radius 1 is 1.10 bits per heavy atom. The largest absolute Gasteiger partial charge is 0.378 e. The van der Waals surface area contributed by atoms with Gasteiger partial charge >= 0.3 is 0 Å². The first-order chi connectivity index (χ1) is 10.2. The fourth-order valence-corrected chi connectivity index (χ4v) is 3.55. The topological polar surface area (TPSA) is 50.4 Å². The lowest BCUT2D eigenvalue weighted by atomic mass is 9.79. The summed E-state index contributed by atoms with van der Waals surface area (Å²) in [5.74, 6) is 0.795. The molecular weight excluding hydrogens is 264 g/mol. The molecule has 2 aliphatic rings. The molecule has 2 N–H and O–H groups in total. The van der Waals surface area contributed by atoms with Crippen molar-refractivity contribution in [1.29, 1.82) is 0 Å². The van der Waals surface area contributed by atoms with Gasteiger partial charge in [-0.3, -0.25) is 4.79 Å². The number of amides is 1. The quantitative estimate of drug-likeness (QED) is 0.724. The minimum atomic E-state index is 0.250. The zero-order valence-electron chi connectivity index (χ0n) is 13.7. The third-order valence-corrected chi connectivity index (χ3v) is 4.84. The second kappa shape index (κ2) is 8.74. The van der Waals surface area contributed by atoms with Crippen molar-refractivity contribution in [3.63, 3.8) is 0 Å². The van der Waals surface area contributed by atoms with Gasteiger partial charge in [-0.15, -0.1) is 0 Å². The molecule has 1 amide bonds. The Labute approximate surface area is 129 Å². The molecule has 0 heterocycles. The zero-order chi connectivity index (χ0) is 15.1. The molecule has 0 aromatic rings. The van der Waals surface area contributed by atoms with E-state index in [0.29, 0.717) is 30.5 Å². The van der Waals surface area contributed by atoms with Crippen LogP contribution in [0, 0.1) is 5.92 Å². The van der Waals surface area contributed by atoms with E-state index in [1.165, 1.54) is 19.3 Å². The first kappa shape index (κ1) is 16.8. The van der Waals surface area contributed by atoms with Gasteiger partial charge < -0.3 is 15.4 Å². The number of carbonyl (C=O) groups excluding carboxylic acids is 1. The first-order valence-corrected chi connectivity index (χ1v) is 8.85. The van der Waals surface area contributed by atoms with Crippen LogP contribution >= 0.6 is 0 Å². The Morgan fingerprint density at radius 2 is 1.76 bits per heavy atom. The van der Waals surface area contributed by atoms with Crippen LogP contribution in [0.5, 0.6) is 0 Å². The molecule has 0 spiro atoms. The maximum Gasteiger partial charge on any atom is 0.220 e. The molecule has 2 aliphatic carbocycles. The molecule has 2 rings (SSSR count). The van der Waals surface area contributed by atoms with Crippen molar-refractivity contribution < 1.29 is 9.53 Å². The van der Waals surface area contributed by atoms with Crippen molar-refractivity contribution in [3.8, 4) is 0 Å². The molecule has 0 radical (unpaired) electrons. The minimum absolute atomic E-state index is 0.250. The van der Waals surface area contributed by atoms with Crippen LogP contribution in [0.2, 0.25) is 0 Å². The minimum Gasteiger partial charge on any atom is -0.378 e. The van der Waals surface area contributed by atoms with Crippen LogP contribution in [0.1, 0.15) is 65.2 Å². The van der Waals surface area contributed by atoms with E-state index in [9.17, 15) is 4.79 Å². The van der Waals surface area contributed by atoms with Crippen LogP contribution in [0.25, 0.3) is 0 Å². The van der Waals surface area contributed by atoms with E-state index in [1.54, 1.807) is 0 Å². The predicted molar refractivity (Wildman–Crippen MR) is 85.2 cm³/mol. The van der Waals surface area contributed by atoms with Gasteiger partial charge in [0.05, 0.1) is 6.10 Å². The van der Waals surface area contributed by atoms with Gasteiger partial charge in [0.1, 0.15) is 0 Å². The van der Waals surface area contributed by atoms with E-state index < -0.39 is 0 Å². The molecule has 2 saturated carbocycles. The average Bonchev–Trinajstić information content (AvgIpc) is 2.44. The highest BCUT2D eigenvalue weighted by molar-refractivity contribution is 5.76. The van der Waals surface area contributed by atoms with E-state index in [2.05, 4.69) is 17.6 Å². The summed E-state index contributed by atoms with van der Waals surface area (Å²) in [6, 6.07) is 1.07. The van der Waals surface area contributed by atoms with Gasteiger partial charge in [-0.05, 0) is 64.3 Å². The monoisotopic (exact) mass is 296 g/mol. The number of ether oxygens (including phenoxy) is 1. The molecule has 21 heavy (non-hydrogen) atoms. The zero-order valence-corrected chi connectivity index (χ0v) is 13.7. The van der Waals surface area contributed by atoms with Crippen molar-refractivity contribution in [3.05, 3.63) is 0 Å². The molecule has 4 nitrogen and oxygen atoms in total. The second-order valence-corrected chi connectivity index (χ2v) is 6.69. The Balaban J connectivity index is 1.55. The third-order valence-electron chi connectivity index (χ3n) is 4.84. The summed E-state index contributed by atoms with van der Waals surface area (Å²) in [5.41, 5.74) is 0. The molecular formula is C17H32N2O2. The van der Waals surface area contributed by atoms with E-state index in [0.717, 1.165) is 38.8 Å². The fraction of sp³-hybridized carbons (Fsp3) is 0.941. The molecule has 2 fully saturated rings. The molecule has 0 aliphatic heterocycles. The summed E-state index contributed by atoms with van der Waals surface area (Å²) >= 11 is 0. The number of nitrogens with one attached hydrogen (secondary N) is 2. The maximum atomic E-state index is 12.1.